The molecule has 1 atom stereocenters. The zero-order chi connectivity index (χ0) is 10.8. The van der Waals surface area contributed by atoms with Crippen molar-refractivity contribution in [3.05, 3.63) is 44.9 Å². The molecule has 0 aliphatic rings. The Morgan fingerprint density at radius 3 is 2.60 bits per heavy atom. The number of aromatic nitrogens is 1. The van der Waals surface area contributed by atoms with Crippen molar-refractivity contribution >= 4 is 22.9 Å². The number of benzene rings is 1. The first-order chi connectivity index (χ1) is 7.18. The van der Waals surface area contributed by atoms with E-state index >= 15 is 0 Å². The van der Waals surface area contributed by atoms with Crippen molar-refractivity contribution in [3.63, 3.8) is 0 Å². The molecule has 1 unspecified atom stereocenters. The minimum atomic E-state index is -0.149. The first-order valence-electron chi connectivity index (χ1n) is 4.61. The lowest BCUT2D eigenvalue weighted by Crippen LogP contribution is -1.92. The summed E-state index contributed by atoms with van der Waals surface area (Å²) >= 11 is 7.20. The number of thiazole rings is 1. The van der Waals surface area contributed by atoms with E-state index in [1.54, 1.807) is 0 Å². The third kappa shape index (κ3) is 2.13. The largest absolute Gasteiger partial charge is 0.312 e. The summed E-state index contributed by atoms with van der Waals surface area (Å²) in [6.45, 7) is 1.87. The number of alkyl halides is 1. The van der Waals surface area contributed by atoms with Gasteiger partial charge in [-0.15, -0.1) is 11.6 Å². The van der Waals surface area contributed by atoms with Crippen LogP contribution in [0.4, 0.5) is 0 Å². The summed E-state index contributed by atoms with van der Waals surface area (Å²) < 4.78 is 0. The second-order valence-corrected chi connectivity index (χ2v) is 4.91. The number of halogens is 1. The molecule has 2 aromatic rings. The van der Waals surface area contributed by atoms with Crippen LogP contribution in [0, 0.1) is 0 Å². The molecule has 1 aromatic carbocycles. The molecule has 0 saturated heterocycles. The van der Waals surface area contributed by atoms with Crippen LogP contribution in [-0.4, -0.2) is 4.98 Å². The molecule has 0 amide bonds. The number of nitrogens with one attached hydrogen (secondary N) is 1. The van der Waals surface area contributed by atoms with Crippen LogP contribution < -0.4 is 4.87 Å². The zero-order valence-corrected chi connectivity index (χ0v) is 9.73. The second kappa shape index (κ2) is 4.21. The Labute approximate surface area is 96.5 Å². The van der Waals surface area contributed by atoms with Gasteiger partial charge in [0.2, 0.25) is 0 Å². The van der Waals surface area contributed by atoms with Gasteiger partial charge in [-0.1, -0.05) is 41.7 Å². The molecule has 1 heterocycles. The molecule has 0 saturated carbocycles. The second-order valence-electron chi connectivity index (χ2n) is 3.24. The Hall–Kier alpha value is -1.06. The maximum Gasteiger partial charge on any atom is 0.305 e. The lowest BCUT2D eigenvalue weighted by atomic mass is 10.1. The number of H-pyrrole nitrogens is 1. The molecule has 78 valence electrons. The molecule has 0 spiro atoms. The van der Waals surface area contributed by atoms with Gasteiger partial charge in [-0.05, 0) is 12.5 Å². The topological polar surface area (TPSA) is 32.9 Å². The van der Waals surface area contributed by atoms with Crippen molar-refractivity contribution in [3.8, 4) is 11.3 Å². The van der Waals surface area contributed by atoms with E-state index in [9.17, 15) is 4.79 Å². The summed E-state index contributed by atoms with van der Waals surface area (Å²) in [6.07, 6.45) is 0. The Balaban J connectivity index is 2.58. The van der Waals surface area contributed by atoms with Crippen molar-refractivity contribution in [2.45, 2.75) is 12.3 Å². The van der Waals surface area contributed by atoms with E-state index in [0.717, 1.165) is 16.1 Å². The van der Waals surface area contributed by atoms with Gasteiger partial charge in [0.15, 0.2) is 0 Å². The molecular formula is C11H10ClNOS. The smallest absolute Gasteiger partial charge is 0.305 e. The van der Waals surface area contributed by atoms with Crippen LogP contribution >= 0.6 is 22.9 Å². The standard InChI is InChI=1S/C11H10ClNOS/c1-7(12)10-9(13-11(14)15-10)8-5-3-2-4-6-8/h2-7H,1H3,(H,13,14). The molecule has 2 nitrogen and oxygen atoms in total. The van der Waals surface area contributed by atoms with E-state index in [2.05, 4.69) is 4.98 Å². The summed E-state index contributed by atoms with van der Waals surface area (Å²) in [7, 11) is 0. The molecule has 2 rings (SSSR count). The molecule has 0 radical (unpaired) electrons. The molecule has 0 aliphatic carbocycles. The molecule has 4 heteroatoms. The van der Waals surface area contributed by atoms with Crippen molar-refractivity contribution in [1.82, 2.24) is 4.98 Å². The number of rotatable bonds is 2. The van der Waals surface area contributed by atoms with Crippen LogP contribution in [0.1, 0.15) is 17.2 Å². The normalized spacial score (nSPS) is 12.7. The fourth-order valence-electron chi connectivity index (χ4n) is 1.44. The fourth-order valence-corrected chi connectivity index (χ4v) is 2.47. The Morgan fingerprint density at radius 2 is 2.00 bits per heavy atom. The van der Waals surface area contributed by atoms with E-state index in [1.165, 1.54) is 11.3 Å². The molecule has 1 aromatic heterocycles. The van der Waals surface area contributed by atoms with Gasteiger partial charge in [-0.2, -0.15) is 0 Å². The van der Waals surface area contributed by atoms with E-state index < -0.39 is 0 Å². The molecule has 0 fully saturated rings. The quantitative estimate of drug-likeness (QED) is 0.801. The predicted octanol–water partition coefficient (Wildman–Crippen LogP) is 3.40. The summed E-state index contributed by atoms with van der Waals surface area (Å²) in [5.74, 6) is 0. The highest BCUT2D eigenvalue weighted by Gasteiger charge is 2.13. The summed E-state index contributed by atoms with van der Waals surface area (Å²) in [5, 5.41) is -0.149. The summed E-state index contributed by atoms with van der Waals surface area (Å²) in [6, 6.07) is 9.74. The molecule has 0 bridgehead atoms. The predicted molar refractivity (Wildman–Crippen MR) is 64.6 cm³/mol. The molecule has 15 heavy (non-hydrogen) atoms. The maximum atomic E-state index is 11.3. The van der Waals surface area contributed by atoms with Crippen molar-refractivity contribution in [2.75, 3.05) is 0 Å². The highest BCUT2D eigenvalue weighted by molar-refractivity contribution is 7.10. The molecule has 1 N–H and O–H groups in total. The van der Waals surface area contributed by atoms with Gasteiger partial charge < -0.3 is 4.98 Å². The van der Waals surface area contributed by atoms with Crippen LogP contribution in [0.3, 0.4) is 0 Å². The van der Waals surface area contributed by atoms with Crippen LogP contribution in [0.25, 0.3) is 11.3 Å². The van der Waals surface area contributed by atoms with Crippen LogP contribution in [0.15, 0.2) is 35.1 Å². The number of hydrogen-bond donors (Lipinski definition) is 1. The van der Waals surface area contributed by atoms with Crippen molar-refractivity contribution in [2.24, 2.45) is 0 Å². The lowest BCUT2D eigenvalue weighted by molar-refractivity contribution is 1.11. The van der Waals surface area contributed by atoms with E-state index in [-0.39, 0.29) is 10.3 Å². The van der Waals surface area contributed by atoms with Gasteiger partial charge in [0, 0.05) is 0 Å². The zero-order valence-electron chi connectivity index (χ0n) is 8.16. The fraction of sp³-hybridized carbons (Fsp3) is 0.182. The highest BCUT2D eigenvalue weighted by atomic mass is 35.5. The molecule has 0 aliphatic heterocycles. The monoisotopic (exact) mass is 239 g/mol. The van der Waals surface area contributed by atoms with Crippen LogP contribution in [0.2, 0.25) is 0 Å². The van der Waals surface area contributed by atoms with Gasteiger partial charge in [0.05, 0.1) is 15.9 Å². The Morgan fingerprint density at radius 1 is 1.33 bits per heavy atom. The van der Waals surface area contributed by atoms with E-state index in [1.807, 2.05) is 37.3 Å². The van der Waals surface area contributed by atoms with Gasteiger partial charge in [0.25, 0.3) is 0 Å². The maximum absolute atomic E-state index is 11.3. The highest BCUT2D eigenvalue weighted by Crippen LogP contribution is 2.31. The van der Waals surface area contributed by atoms with Crippen molar-refractivity contribution in [1.29, 1.82) is 0 Å². The van der Waals surface area contributed by atoms with E-state index in [0.29, 0.717) is 0 Å². The third-order valence-corrected chi connectivity index (χ3v) is 3.51. The Bertz CT molecular complexity index is 501. The lowest BCUT2D eigenvalue weighted by Gasteiger charge is -2.03. The summed E-state index contributed by atoms with van der Waals surface area (Å²) in [4.78, 5) is 15.0. The van der Waals surface area contributed by atoms with Gasteiger partial charge in [-0.3, -0.25) is 4.79 Å². The SMILES string of the molecule is CC(Cl)c1sc(=O)[nH]c1-c1ccccc1. The van der Waals surface area contributed by atoms with E-state index in [4.69, 9.17) is 11.6 Å². The van der Waals surface area contributed by atoms with Gasteiger partial charge in [0.1, 0.15) is 0 Å². The van der Waals surface area contributed by atoms with Gasteiger partial charge in [-0.25, -0.2) is 0 Å². The first kappa shape index (κ1) is 10.5. The molecular weight excluding hydrogens is 230 g/mol. The summed E-state index contributed by atoms with van der Waals surface area (Å²) in [5.41, 5.74) is 1.84. The van der Waals surface area contributed by atoms with Crippen molar-refractivity contribution < 1.29 is 0 Å². The number of hydrogen-bond acceptors (Lipinski definition) is 2. The average Bonchev–Trinajstić information content (AvgIpc) is 2.62. The average molecular weight is 240 g/mol. The minimum absolute atomic E-state index is 0.0589. The van der Waals surface area contributed by atoms with Gasteiger partial charge >= 0.3 is 4.87 Å². The minimum Gasteiger partial charge on any atom is -0.312 e. The van der Waals surface area contributed by atoms with Crippen LogP contribution in [0.5, 0.6) is 0 Å². The Kier molecular flexibility index (Phi) is 2.93. The first-order valence-corrected chi connectivity index (χ1v) is 5.86. The third-order valence-electron chi connectivity index (χ3n) is 2.10. The van der Waals surface area contributed by atoms with Crippen LogP contribution in [-0.2, 0) is 0 Å². The number of aromatic amines is 1.